The van der Waals surface area contributed by atoms with Gasteiger partial charge in [0.2, 0.25) is 13.5 Å². The van der Waals surface area contributed by atoms with Gasteiger partial charge in [-0.05, 0) is 6.07 Å². The number of nitrogens with one attached hydrogen (secondary N) is 1. The third-order valence-electron chi connectivity index (χ3n) is 1.90. The van der Waals surface area contributed by atoms with Crippen molar-refractivity contribution in [3.8, 4) is 0 Å². The molecule has 0 saturated heterocycles. The lowest BCUT2D eigenvalue weighted by Gasteiger charge is -2.15. The third kappa shape index (κ3) is 4.16. The smallest absolute Gasteiger partial charge is 0.250 e. The second kappa shape index (κ2) is 5.91. The van der Waals surface area contributed by atoms with Crippen molar-refractivity contribution < 1.29 is 4.42 Å². The summed E-state index contributed by atoms with van der Waals surface area (Å²) >= 11 is 34.4. The molecule has 11 heteroatoms. The standard InChI is InChI=1S/C9H4Cl6N4O/c10-8(11,12)5-17-6(9(13,14)15)19-7(18-5)16-4-2-1-3-20-4/h1-3H,(H,16,17,18,19). The molecule has 0 spiro atoms. The predicted octanol–water partition coefficient (Wildman–Crippen LogP) is 4.86. The molecule has 0 aliphatic carbocycles. The highest BCUT2D eigenvalue weighted by Gasteiger charge is 2.33. The first kappa shape index (κ1) is 16.2. The highest BCUT2D eigenvalue weighted by Crippen LogP contribution is 2.40. The highest BCUT2D eigenvalue weighted by molar-refractivity contribution is 6.67. The van der Waals surface area contributed by atoms with Crippen molar-refractivity contribution in [2.75, 3.05) is 5.32 Å². The SMILES string of the molecule is ClC(Cl)(Cl)c1nc(Nc2ccco2)nc(C(Cl)(Cl)Cl)n1. The number of aromatic nitrogens is 3. The van der Waals surface area contributed by atoms with Crippen molar-refractivity contribution in [1.29, 1.82) is 0 Å². The van der Waals surface area contributed by atoms with Gasteiger partial charge in [0.25, 0.3) is 0 Å². The Morgan fingerprint density at radius 3 is 1.85 bits per heavy atom. The van der Waals surface area contributed by atoms with Crippen LogP contribution in [0.2, 0.25) is 0 Å². The minimum atomic E-state index is -1.90. The Balaban J connectivity index is 2.46. The van der Waals surface area contributed by atoms with E-state index in [4.69, 9.17) is 74.0 Å². The summed E-state index contributed by atoms with van der Waals surface area (Å²) < 4.78 is 1.29. The summed E-state index contributed by atoms with van der Waals surface area (Å²) in [5, 5.41) is 2.73. The molecule has 0 radical (unpaired) electrons. The van der Waals surface area contributed by atoms with E-state index < -0.39 is 7.59 Å². The number of anilines is 2. The van der Waals surface area contributed by atoms with Crippen LogP contribution in [-0.4, -0.2) is 15.0 Å². The van der Waals surface area contributed by atoms with E-state index in [2.05, 4.69) is 20.3 Å². The molecule has 2 aromatic rings. The maximum Gasteiger partial charge on any atom is 0.250 e. The molecule has 0 bridgehead atoms. The van der Waals surface area contributed by atoms with E-state index in [-0.39, 0.29) is 17.6 Å². The fourth-order valence-electron chi connectivity index (χ4n) is 1.15. The van der Waals surface area contributed by atoms with Crippen molar-refractivity contribution >= 4 is 81.4 Å². The van der Waals surface area contributed by atoms with Crippen molar-refractivity contribution in [1.82, 2.24) is 15.0 Å². The predicted molar refractivity (Wildman–Crippen MR) is 80.3 cm³/mol. The number of nitrogens with zero attached hydrogens (tertiary/aromatic N) is 3. The van der Waals surface area contributed by atoms with Crippen LogP contribution >= 0.6 is 69.6 Å². The molecule has 0 amide bonds. The Bertz CT molecular complexity index is 559. The first-order chi connectivity index (χ1) is 9.16. The van der Waals surface area contributed by atoms with Crippen LogP contribution in [0.1, 0.15) is 11.6 Å². The number of rotatable bonds is 2. The summed E-state index contributed by atoms with van der Waals surface area (Å²) in [6, 6.07) is 3.29. The Morgan fingerprint density at radius 1 is 0.900 bits per heavy atom. The largest absolute Gasteiger partial charge is 0.449 e. The molecule has 0 aromatic carbocycles. The fraction of sp³-hybridized carbons (Fsp3) is 0.222. The topological polar surface area (TPSA) is 63.8 Å². The molecule has 2 rings (SSSR count). The summed E-state index contributed by atoms with van der Waals surface area (Å²) in [5.74, 6) is 0.0000898. The maximum absolute atomic E-state index is 5.73. The molecule has 5 nitrogen and oxygen atoms in total. The molecule has 0 atom stereocenters. The zero-order chi connectivity index (χ0) is 15.0. The minimum absolute atomic E-state index is 0.0117. The highest BCUT2D eigenvalue weighted by atomic mass is 35.6. The van der Waals surface area contributed by atoms with Gasteiger partial charge in [-0.3, -0.25) is 5.32 Å². The second-order valence-electron chi connectivity index (χ2n) is 3.40. The van der Waals surface area contributed by atoms with Crippen LogP contribution in [0.5, 0.6) is 0 Å². The first-order valence-electron chi connectivity index (χ1n) is 4.87. The van der Waals surface area contributed by atoms with E-state index in [1.54, 1.807) is 12.1 Å². The summed E-state index contributed by atoms with van der Waals surface area (Å²) in [5.41, 5.74) is 0. The number of halogens is 6. The second-order valence-corrected chi connectivity index (χ2v) is 7.97. The van der Waals surface area contributed by atoms with Gasteiger partial charge in [0, 0.05) is 6.07 Å². The normalized spacial score (nSPS) is 12.5. The maximum atomic E-state index is 5.73. The van der Waals surface area contributed by atoms with Gasteiger partial charge in [0.15, 0.2) is 17.5 Å². The van der Waals surface area contributed by atoms with E-state index >= 15 is 0 Å². The van der Waals surface area contributed by atoms with E-state index in [1.165, 1.54) is 6.26 Å². The van der Waals surface area contributed by atoms with Gasteiger partial charge in [-0.2, -0.15) is 9.97 Å². The molecule has 2 heterocycles. The van der Waals surface area contributed by atoms with Crippen LogP contribution < -0.4 is 5.32 Å². The molecule has 0 fully saturated rings. The van der Waals surface area contributed by atoms with Gasteiger partial charge in [-0.25, -0.2) is 4.98 Å². The van der Waals surface area contributed by atoms with Gasteiger partial charge in [-0.1, -0.05) is 69.6 Å². The lowest BCUT2D eigenvalue weighted by atomic mass is 10.5. The van der Waals surface area contributed by atoms with Crippen LogP contribution in [0.15, 0.2) is 22.8 Å². The molecule has 108 valence electrons. The fourth-order valence-corrected chi connectivity index (χ4v) is 1.65. The zero-order valence-electron chi connectivity index (χ0n) is 9.25. The Morgan fingerprint density at radius 2 is 1.45 bits per heavy atom. The van der Waals surface area contributed by atoms with Crippen LogP contribution in [0.4, 0.5) is 11.8 Å². The van der Waals surface area contributed by atoms with E-state index in [9.17, 15) is 0 Å². The van der Waals surface area contributed by atoms with Gasteiger partial charge >= 0.3 is 0 Å². The number of alkyl halides is 6. The van der Waals surface area contributed by atoms with E-state index in [1.807, 2.05) is 0 Å². The molecular formula is C9H4Cl6N4O. The van der Waals surface area contributed by atoms with E-state index in [0.717, 1.165) is 0 Å². The van der Waals surface area contributed by atoms with E-state index in [0.29, 0.717) is 5.88 Å². The molecule has 0 aliphatic heterocycles. The van der Waals surface area contributed by atoms with Crippen LogP contribution in [-0.2, 0) is 7.59 Å². The monoisotopic (exact) mass is 394 g/mol. The van der Waals surface area contributed by atoms with Crippen LogP contribution in [0, 0.1) is 0 Å². The van der Waals surface area contributed by atoms with Gasteiger partial charge in [0.1, 0.15) is 0 Å². The molecule has 0 unspecified atom stereocenters. The van der Waals surface area contributed by atoms with Gasteiger partial charge < -0.3 is 4.42 Å². The van der Waals surface area contributed by atoms with Crippen LogP contribution in [0.3, 0.4) is 0 Å². The molecular weight excluding hydrogens is 393 g/mol. The molecule has 2 aromatic heterocycles. The molecule has 1 N–H and O–H groups in total. The lowest BCUT2D eigenvalue weighted by Crippen LogP contribution is -2.17. The molecule has 20 heavy (non-hydrogen) atoms. The average molecular weight is 397 g/mol. The summed E-state index contributed by atoms with van der Waals surface area (Å²) in [6.07, 6.45) is 1.45. The van der Waals surface area contributed by atoms with Crippen molar-refractivity contribution in [2.45, 2.75) is 7.59 Å². The Kier molecular flexibility index (Phi) is 4.79. The Labute approximate surface area is 143 Å². The summed E-state index contributed by atoms with van der Waals surface area (Å²) in [6.45, 7) is 0. The van der Waals surface area contributed by atoms with Crippen molar-refractivity contribution in [3.05, 3.63) is 30.0 Å². The lowest BCUT2D eigenvalue weighted by molar-refractivity contribution is 0.584. The summed E-state index contributed by atoms with van der Waals surface area (Å²) in [4.78, 5) is 11.7. The number of hydrogen-bond acceptors (Lipinski definition) is 5. The molecule has 0 saturated carbocycles. The quantitative estimate of drug-likeness (QED) is 0.734. The summed E-state index contributed by atoms with van der Waals surface area (Å²) in [7, 11) is 0. The minimum Gasteiger partial charge on any atom is -0.449 e. The van der Waals surface area contributed by atoms with Crippen LogP contribution in [0.25, 0.3) is 0 Å². The van der Waals surface area contributed by atoms with Gasteiger partial charge in [-0.15, -0.1) is 0 Å². The number of hydrogen-bond donors (Lipinski definition) is 1. The average Bonchev–Trinajstić information content (AvgIpc) is 2.79. The zero-order valence-corrected chi connectivity index (χ0v) is 13.8. The number of furan rings is 1. The van der Waals surface area contributed by atoms with Crippen molar-refractivity contribution in [2.24, 2.45) is 0 Å². The Hall–Kier alpha value is -0.170. The van der Waals surface area contributed by atoms with Gasteiger partial charge in [0.05, 0.1) is 6.26 Å². The molecule has 0 aliphatic rings. The van der Waals surface area contributed by atoms with Crippen molar-refractivity contribution in [3.63, 3.8) is 0 Å². The third-order valence-corrected chi connectivity index (χ3v) is 2.91. The first-order valence-corrected chi connectivity index (χ1v) is 7.14.